The van der Waals surface area contributed by atoms with Crippen molar-refractivity contribution in [2.24, 2.45) is 0 Å². The number of ketones is 1. The summed E-state index contributed by atoms with van der Waals surface area (Å²) in [6, 6.07) is 9.26. The van der Waals surface area contributed by atoms with Crippen LogP contribution >= 0.6 is 22.9 Å². The van der Waals surface area contributed by atoms with Crippen LogP contribution in [0, 0.1) is 13.8 Å². The molecule has 0 spiro atoms. The number of aryl methyl sites for hydroxylation is 2. The van der Waals surface area contributed by atoms with Crippen LogP contribution in [0.3, 0.4) is 0 Å². The third-order valence-corrected chi connectivity index (χ3v) is 4.37. The van der Waals surface area contributed by atoms with Gasteiger partial charge in [-0.2, -0.15) is 0 Å². The van der Waals surface area contributed by atoms with E-state index in [-0.39, 0.29) is 24.5 Å². The molecule has 1 amide bonds. The van der Waals surface area contributed by atoms with Gasteiger partial charge in [0.25, 0.3) is 0 Å². The van der Waals surface area contributed by atoms with Gasteiger partial charge in [-0.25, -0.2) is 0 Å². The Bertz CT molecular complexity index is 679. The van der Waals surface area contributed by atoms with Gasteiger partial charge in [0, 0.05) is 18.5 Å². The summed E-state index contributed by atoms with van der Waals surface area (Å²) >= 11 is 7.03. The molecule has 1 aromatic carbocycles. The predicted molar refractivity (Wildman–Crippen MR) is 87.4 cm³/mol. The summed E-state index contributed by atoms with van der Waals surface area (Å²) in [4.78, 5) is 24.4. The van der Waals surface area contributed by atoms with Gasteiger partial charge < -0.3 is 5.32 Å². The fraction of sp³-hybridized carbons (Fsp3) is 0.250. The van der Waals surface area contributed by atoms with Gasteiger partial charge in [0.2, 0.25) is 5.91 Å². The van der Waals surface area contributed by atoms with Gasteiger partial charge in [-0.1, -0.05) is 23.7 Å². The van der Waals surface area contributed by atoms with Crippen molar-refractivity contribution in [3.63, 3.8) is 0 Å². The quantitative estimate of drug-likeness (QED) is 0.817. The Morgan fingerprint density at radius 1 is 1.14 bits per heavy atom. The molecule has 0 saturated heterocycles. The zero-order valence-corrected chi connectivity index (χ0v) is 13.5. The minimum Gasteiger partial charge on any atom is -0.326 e. The molecule has 110 valence electrons. The molecule has 1 heterocycles. The topological polar surface area (TPSA) is 46.2 Å². The number of anilines is 1. The van der Waals surface area contributed by atoms with Crippen molar-refractivity contribution >= 4 is 40.3 Å². The molecule has 3 nitrogen and oxygen atoms in total. The molecule has 0 aliphatic carbocycles. The molecule has 21 heavy (non-hydrogen) atoms. The highest BCUT2D eigenvalue weighted by Crippen LogP contribution is 2.23. The Morgan fingerprint density at radius 2 is 1.90 bits per heavy atom. The first-order valence-electron chi connectivity index (χ1n) is 6.61. The first-order valence-corrected chi connectivity index (χ1v) is 7.81. The highest BCUT2D eigenvalue weighted by molar-refractivity contribution is 7.18. The number of hydrogen-bond donors (Lipinski definition) is 1. The molecular weight excluding hydrogens is 306 g/mol. The molecule has 0 unspecified atom stereocenters. The van der Waals surface area contributed by atoms with Gasteiger partial charge in [0.1, 0.15) is 0 Å². The van der Waals surface area contributed by atoms with Crippen molar-refractivity contribution in [3.05, 3.63) is 50.7 Å². The normalized spacial score (nSPS) is 10.4. The largest absolute Gasteiger partial charge is 0.326 e. The summed E-state index contributed by atoms with van der Waals surface area (Å²) in [6.07, 6.45) is 0.356. The molecular formula is C16H16ClNO2S. The summed E-state index contributed by atoms with van der Waals surface area (Å²) in [7, 11) is 0. The first kappa shape index (κ1) is 15.7. The molecule has 1 N–H and O–H groups in total. The minimum atomic E-state index is -0.153. The molecule has 1 aromatic heterocycles. The monoisotopic (exact) mass is 321 g/mol. The number of nitrogens with one attached hydrogen (secondary N) is 1. The average Bonchev–Trinajstić information content (AvgIpc) is 2.87. The lowest BCUT2D eigenvalue weighted by Gasteiger charge is -2.09. The highest BCUT2D eigenvalue weighted by Gasteiger charge is 2.12. The van der Waals surface area contributed by atoms with Crippen molar-refractivity contribution in [2.45, 2.75) is 26.7 Å². The van der Waals surface area contributed by atoms with Gasteiger partial charge >= 0.3 is 0 Å². The smallest absolute Gasteiger partial charge is 0.224 e. The van der Waals surface area contributed by atoms with E-state index in [1.165, 1.54) is 11.3 Å². The van der Waals surface area contributed by atoms with Crippen molar-refractivity contribution in [2.75, 3.05) is 5.32 Å². The van der Waals surface area contributed by atoms with Crippen LogP contribution in [0.1, 0.15) is 33.6 Å². The zero-order chi connectivity index (χ0) is 15.4. The standard InChI is InChI=1S/C16H16ClNO2S/c1-10-3-4-11(2)12(9-10)18-16(20)8-5-13(19)14-6-7-15(17)21-14/h3-4,6-7,9H,5,8H2,1-2H3,(H,18,20). The summed E-state index contributed by atoms with van der Waals surface area (Å²) < 4.78 is 0.582. The third kappa shape index (κ3) is 4.41. The fourth-order valence-electron chi connectivity index (χ4n) is 1.90. The summed E-state index contributed by atoms with van der Waals surface area (Å²) in [5.74, 6) is -0.206. The molecule has 0 bridgehead atoms. The summed E-state index contributed by atoms with van der Waals surface area (Å²) in [6.45, 7) is 3.91. The van der Waals surface area contributed by atoms with E-state index >= 15 is 0 Å². The van der Waals surface area contributed by atoms with Crippen molar-refractivity contribution < 1.29 is 9.59 Å². The van der Waals surface area contributed by atoms with E-state index in [1.807, 2.05) is 32.0 Å². The van der Waals surface area contributed by atoms with E-state index < -0.39 is 0 Å². The predicted octanol–water partition coefficient (Wildman–Crippen LogP) is 4.62. The second kappa shape index (κ2) is 6.87. The number of amides is 1. The molecule has 2 aromatic rings. The number of Topliss-reactive ketones (excluding diaryl/α,β-unsaturated/α-hetero) is 1. The van der Waals surface area contributed by atoms with Crippen LogP contribution < -0.4 is 5.32 Å². The van der Waals surface area contributed by atoms with E-state index in [2.05, 4.69) is 5.32 Å². The van der Waals surface area contributed by atoms with Crippen LogP contribution in [0.5, 0.6) is 0 Å². The van der Waals surface area contributed by atoms with Crippen molar-refractivity contribution in [1.82, 2.24) is 0 Å². The maximum atomic E-state index is 11.9. The van der Waals surface area contributed by atoms with Crippen molar-refractivity contribution in [3.8, 4) is 0 Å². The van der Waals surface area contributed by atoms with E-state index in [0.717, 1.165) is 16.8 Å². The van der Waals surface area contributed by atoms with Crippen LogP contribution in [0.4, 0.5) is 5.69 Å². The van der Waals surface area contributed by atoms with E-state index in [1.54, 1.807) is 12.1 Å². The molecule has 0 fully saturated rings. The number of carbonyl (C=O) groups excluding carboxylic acids is 2. The lowest BCUT2D eigenvalue weighted by Crippen LogP contribution is -2.14. The van der Waals surface area contributed by atoms with Crippen LogP contribution in [-0.4, -0.2) is 11.7 Å². The lowest BCUT2D eigenvalue weighted by atomic mass is 10.1. The molecule has 0 radical (unpaired) electrons. The fourth-order valence-corrected chi connectivity index (χ4v) is 2.91. The SMILES string of the molecule is Cc1ccc(C)c(NC(=O)CCC(=O)c2ccc(Cl)s2)c1. The Kier molecular flexibility index (Phi) is 5.15. The van der Waals surface area contributed by atoms with Gasteiger partial charge in [-0.15, -0.1) is 11.3 Å². The number of halogens is 1. The van der Waals surface area contributed by atoms with Crippen LogP contribution in [0.2, 0.25) is 4.34 Å². The maximum Gasteiger partial charge on any atom is 0.224 e. The zero-order valence-electron chi connectivity index (χ0n) is 11.9. The molecule has 0 atom stereocenters. The molecule has 2 rings (SSSR count). The summed E-state index contributed by atoms with van der Waals surface area (Å²) in [5.41, 5.74) is 2.89. The van der Waals surface area contributed by atoms with E-state index in [0.29, 0.717) is 9.21 Å². The van der Waals surface area contributed by atoms with Crippen LogP contribution in [-0.2, 0) is 4.79 Å². The van der Waals surface area contributed by atoms with Gasteiger partial charge in [0.15, 0.2) is 5.78 Å². The molecule has 0 aliphatic heterocycles. The Labute approximate surface area is 132 Å². The first-order chi connectivity index (χ1) is 9.95. The van der Waals surface area contributed by atoms with Gasteiger partial charge in [0.05, 0.1) is 9.21 Å². The number of hydrogen-bond acceptors (Lipinski definition) is 3. The highest BCUT2D eigenvalue weighted by atomic mass is 35.5. The van der Waals surface area contributed by atoms with E-state index in [4.69, 9.17) is 11.6 Å². The Balaban J connectivity index is 1.90. The minimum absolute atomic E-state index is 0.0528. The van der Waals surface area contributed by atoms with Crippen LogP contribution in [0.25, 0.3) is 0 Å². The Morgan fingerprint density at radius 3 is 2.57 bits per heavy atom. The molecule has 0 saturated carbocycles. The number of carbonyl (C=O) groups is 2. The maximum absolute atomic E-state index is 11.9. The van der Waals surface area contributed by atoms with Gasteiger partial charge in [-0.05, 0) is 43.2 Å². The number of rotatable bonds is 5. The summed E-state index contributed by atoms with van der Waals surface area (Å²) in [5, 5.41) is 2.85. The van der Waals surface area contributed by atoms with E-state index in [9.17, 15) is 9.59 Å². The second-order valence-electron chi connectivity index (χ2n) is 4.89. The molecule has 0 aliphatic rings. The lowest BCUT2D eigenvalue weighted by molar-refractivity contribution is -0.116. The number of benzene rings is 1. The third-order valence-electron chi connectivity index (χ3n) is 3.09. The number of thiophene rings is 1. The van der Waals surface area contributed by atoms with Crippen molar-refractivity contribution in [1.29, 1.82) is 0 Å². The average molecular weight is 322 g/mol. The second-order valence-corrected chi connectivity index (χ2v) is 6.61. The Hall–Kier alpha value is -1.65. The molecule has 5 heteroatoms. The van der Waals surface area contributed by atoms with Gasteiger partial charge in [-0.3, -0.25) is 9.59 Å². The van der Waals surface area contributed by atoms with Crippen LogP contribution in [0.15, 0.2) is 30.3 Å².